The first-order chi connectivity index (χ1) is 20.7. The molecule has 3 atom stereocenters. The zero-order chi connectivity index (χ0) is 30.9. The van der Waals surface area contributed by atoms with Crippen molar-refractivity contribution in [3.63, 3.8) is 0 Å². The Labute approximate surface area is 253 Å². The van der Waals surface area contributed by atoms with Crippen molar-refractivity contribution in [3.8, 4) is 0 Å². The summed E-state index contributed by atoms with van der Waals surface area (Å²) in [5, 5.41) is 5.01. The SMILES string of the molecule is C[NH2+]C(Cc1ccccc1)C(=O)N1CCCC1C(=O)NC(CCC[NH+]=C(N)N)C(=O)c1nc2ccc(C(=O)OC)cc2s1. The minimum atomic E-state index is -0.885. The molecule has 2 aromatic carbocycles. The summed E-state index contributed by atoms with van der Waals surface area (Å²) in [4.78, 5) is 61.9. The van der Waals surface area contributed by atoms with Crippen molar-refractivity contribution in [2.75, 3.05) is 27.2 Å². The van der Waals surface area contributed by atoms with E-state index < -0.39 is 18.1 Å². The second kappa shape index (κ2) is 14.7. The molecule has 43 heavy (non-hydrogen) atoms. The third-order valence-electron chi connectivity index (χ3n) is 7.51. The average molecular weight is 610 g/mol. The molecule has 1 fully saturated rings. The number of thiazole rings is 1. The Morgan fingerprint density at radius 2 is 1.95 bits per heavy atom. The Morgan fingerprint density at radius 1 is 1.19 bits per heavy atom. The number of nitrogens with two attached hydrogens (primary N) is 3. The number of guanidine groups is 1. The van der Waals surface area contributed by atoms with Crippen LogP contribution in [0.5, 0.6) is 0 Å². The van der Waals surface area contributed by atoms with Gasteiger partial charge in [-0.2, -0.15) is 0 Å². The molecule has 3 aromatic rings. The topological polar surface area (TPSA) is 188 Å². The molecule has 0 bridgehead atoms. The molecule has 8 N–H and O–H groups in total. The lowest BCUT2D eigenvalue weighted by atomic mass is 10.0. The second-order valence-electron chi connectivity index (χ2n) is 10.5. The summed E-state index contributed by atoms with van der Waals surface area (Å²) in [7, 11) is 3.16. The van der Waals surface area contributed by atoms with Crippen LogP contribution in [0.1, 0.15) is 51.4 Å². The lowest BCUT2D eigenvalue weighted by Gasteiger charge is -2.28. The number of nitrogens with zero attached hydrogens (tertiary/aromatic N) is 2. The van der Waals surface area contributed by atoms with Crippen molar-refractivity contribution in [2.45, 2.75) is 50.2 Å². The van der Waals surface area contributed by atoms with E-state index in [1.165, 1.54) is 7.11 Å². The molecule has 0 radical (unpaired) electrons. The smallest absolute Gasteiger partial charge is 0.338 e. The third kappa shape index (κ3) is 7.93. The van der Waals surface area contributed by atoms with Crippen molar-refractivity contribution in [1.29, 1.82) is 0 Å². The first kappa shape index (κ1) is 31.6. The lowest BCUT2D eigenvalue weighted by Crippen LogP contribution is -2.90. The van der Waals surface area contributed by atoms with E-state index in [4.69, 9.17) is 16.2 Å². The van der Waals surface area contributed by atoms with Crippen LogP contribution in [0.3, 0.4) is 0 Å². The van der Waals surface area contributed by atoms with Gasteiger partial charge in [-0.1, -0.05) is 30.3 Å². The summed E-state index contributed by atoms with van der Waals surface area (Å²) in [5.74, 6) is -1.24. The number of ketones is 1. The number of benzene rings is 2. The predicted molar refractivity (Wildman–Crippen MR) is 162 cm³/mol. The first-order valence-corrected chi connectivity index (χ1v) is 15.1. The fourth-order valence-corrected chi connectivity index (χ4v) is 6.23. The molecule has 2 heterocycles. The lowest BCUT2D eigenvalue weighted by molar-refractivity contribution is -0.650. The summed E-state index contributed by atoms with van der Waals surface area (Å²) in [6, 6.07) is 12.7. The molecule has 12 nitrogen and oxygen atoms in total. The second-order valence-corrected chi connectivity index (χ2v) is 11.5. The number of fused-ring (bicyclic) bond motifs is 1. The van der Waals surface area contributed by atoms with Gasteiger partial charge in [0.05, 0.1) is 42.5 Å². The van der Waals surface area contributed by atoms with Gasteiger partial charge in [0, 0.05) is 13.0 Å². The van der Waals surface area contributed by atoms with Gasteiger partial charge in [0.15, 0.2) is 11.0 Å². The van der Waals surface area contributed by atoms with E-state index in [0.29, 0.717) is 61.0 Å². The molecule has 1 saturated heterocycles. The monoisotopic (exact) mass is 609 g/mol. The maximum atomic E-state index is 13.7. The highest BCUT2D eigenvalue weighted by Crippen LogP contribution is 2.26. The van der Waals surface area contributed by atoms with Gasteiger partial charge in [-0.05, 0) is 49.4 Å². The van der Waals surface area contributed by atoms with Gasteiger partial charge in [-0.3, -0.25) is 30.8 Å². The average Bonchev–Trinajstić information content (AvgIpc) is 3.68. The van der Waals surface area contributed by atoms with Gasteiger partial charge in [0.25, 0.3) is 5.91 Å². The van der Waals surface area contributed by atoms with Crippen LogP contribution in [0.15, 0.2) is 48.5 Å². The number of methoxy groups -OCH3 is 1. The number of carbonyl (C=O) groups excluding carboxylic acids is 4. The summed E-state index contributed by atoms with van der Waals surface area (Å²) in [6.07, 6.45) is 2.54. The van der Waals surface area contributed by atoms with E-state index in [1.54, 1.807) is 23.1 Å². The number of esters is 1. The number of amides is 2. The van der Waals surface area contributed by atoms with Crippen LogP contribution in [0.4, 0.5) is 0 Å². The molecule has 1 aliphatic rings. The van der Waals surface area contributed by atoms with Gasteiger partial charge in [0.1, 0.15) is 6.04 Å². The minimum absolute atomic E-state index is 0.0670. The highest BCUT2D eigenvalue weighted by molar-refractivity contribution is 7.20. The van der Waals surface area contributed by atoms with Crippen molar-refractivity contribution < 1.29 is 34.2 Å². The minimum Gasteiger partial charge on any atom is -0.465 e. The van der Waals surface area contributed by atoms with E-state index in [1.807, 2.05) is 42.7 Å². The molecule has 1 aliphatic heterocycles. The molecule has 228 valence electrons. The standard InChI is InChI=1S/C30H37N7O5S/c1-33-22(16-18-8-4-3-5-9-18)28(40)37-15-7-11-23(37)26(39)35-21(10-6-14-34-30(31)32)25(38)27-36-20-13-12-19(29(41)42-2)17-24(20)43-27/h3-5,8-9,12-13,17,21-23,33H,6-7,10-11,14-16H2,1-2H3,(H,35,39)(H4,31,32,34)/p+2. The van der Waals surface area contributed by atoms with Gasteiger partial charge in [-0.15, -0.1) is 11.3 Å². The summed E-state index contributed by atoms with van der Waals surface area (Å²) >= 11 is 1.14. The van der Waals surface area contributed by atoms with Gasteiger partial charge in [0.2, 0.25) is 11.7 Å². The van der Waals surface area contributed by atoms with Crippen LogP contribution in [-0.2, 0) is 20.7 Å². The summed E-state index contributed by atoms with van der Waals surface area (Å²) in [5.41, 5.74) is 13.0. The Bertz CT molecular complexity index is 1490. The number of Topliss-reactive ketones (excluding diaryl/α,β-unsaturated/α-hetero) is 1. The highest BCUT2D eigenvalue weighted by atomic mass is 32.1. The number of carbonyl (C=O) groups is 4. The van der Waals surface area contributed by atoms with Crippen LogP contribution in [0.25, 0.3) is 10.2 Å². The van der Waals surface area contributed by atoms with Crippen LogP contribution in [0.2, 0.25) is 0 Å². The molecule has 1 aromatic heterocycles. The van der Waals surface area contributed by atoms with Crippen molar-refractivity contribution >= 4 is 51.1 Å². The Kier molecular flexibility index (Phi) is 10.8. The molecule has 0 aliphatic carbocycles. The fourth-order valence-electron chi connectivity index (χ4n) is 5.23. The molecule has 0 spiro atoms. The fraction of sp³-hybridized carbons (Fsp3) is 0.400. The summed E-state index contributed by atoms with van der Waals surface area (Å²) < 4.78 is 5.44. The number of aromatic nitrogens is 1. The predicted octanol–water partition coefficient (Wildman–Crippen LogP) is -1.32. The Hall–Kier alpha value is -4.36. The van der Waals surface area contributed by atoms with Crippen molar-refractivity contribution in [2.24, 2.45) is 11.5 Å². The van der Waals surface area contributed by atoms with Gasteiger partial charge in [-0.25, -0.2) is 9.78 Å². The first-order valence-electron chi connectivity index (χ1n) is 14.3. The molecule has 13 heteroatoms. The number of hydrogen-bond acceptors (Lipinski definition) is 7. The zero-order valence-electron chi connectivity index (χ0n) is 24.4. The van der Waals surface area contributed by atoms with Crippen molar-refractivity contribution in [1.82, 2.24) is 15.2 Å². The van der Waals surface area contributed by atoms with Gasteiger partial charge >= 0.3 is 11.9 Å². The van der Waals surface area contributed by atoms with E-state index in [0.717, 1.165) is 16.9 Å². The van der Waals surface area contributed by atoms with Crippen LogP contribution < -0.4 is 27.1 Å². The molecule has 0 saturated carbocycles. The molecule has 2 amide bonds. The molecular weight excluding hydrogens is 570 g/mol. The number of hydrogen-bond donors (Lipinski definition) is 5. The largest absolute Gasteiger partial charge is 0.465 e. The molecule has 4 rings (SSSR count). The van der Waals surface area contributed by atoms with E-state index in [-0.39, 0.29) is 34.6 Å². The number of rotatable bonds is 13. The normalized spacial score (nSPS) is 16.0. The number of likely N-dealkylation sites (N-methyl/N-ethyl adjacent to an activating group) is 1. The summed E-state index contributed by atoms with van der Waals surface area (Å²) in [6.45, 7) is 0.885. The third-order valence-corrected chi connectivity index (χ3v) is 8.54. The quantitative estimate of drug-likeness (QED) is 0.0519. The molecule has 3 unspecified atom stereocenters. The van der Waals surface area contributed by atoms with E-state index in [9.17, 15) is 19.2 Å². The number of nitrogens with one attached hydrogen (secondary N) is 2. The van der Waals surface area contributed by atoms with Crippen LogP contribution >= 0.6 is 11.3 Å². The Balaban J connectivity index is 1.51. The Morgan fingerprint density at radius 3 is 2.65 bits per heavy atom. The number of quaternary nitrogens is 1. The van der Waals surface area contributed by atoms with E-state index in [2.05, 4.69) is 15.3 Å². The maximum Gasteiger partial charge on any atom is 0.338 e. The van der Waals surface area contributed by atoms with E-state index >= 15 is 0 Å². The number of likely N-dealkylation sites (tertiary alicyclic amines) is 1. The van der Waals surface area contributed by atoms with Crippen LogP contribution in [-0.4, -0.2) is 84.8 Å². The zero-order valence-corrected chi connectivity index (χ0v) is 25.2. The highest BCUT2D eigenvalue weighted by Gasteiger charge is 2.39. The van der Waals surface area contributed by atoms with Crippen molar-refractivity contribution in [3.05, 3.63) is 64.7 Å². The van der Waals surface area contributed by atoms with Gasteiger partial charge < -0.3 is 20.3 Å². The molecular formula is C30H39N7O5S+2. The number of ether oxygens (including phenoxy) is 1. The van der Waals surface area contributed by atoms with Crippen LogP contribution in [0, 0.1) is 0 Å². The maximum absolute atomic E-state index is 13.7.